The van der Waals surface area contributed by atoms with Gasteiger partial charge in [-0.15, -0.1) is 0 Å². The Balaban J connectivity index is 1.74. The molecule has 1 amide bonds. The highest BCUT2D eigenvalue weighted by Gasteiger charge is 2.26. The van der Waals surface area contributed by atoms with Crippen LogP contribution in [0.1, 0.15) is 26.3 Å². The van der Waals surface area contributed by atoms with E-state index in [4.69, 9.17) is 4.74 Å². The molecule has 0 atom stereocenters. The summed E-state index contributed by atoms with van der Waals surface area (Å²) in [6, 6.07) is 14.1. The average Bonchev–Trinajstić information content (AvgIpc) is 2.68. The van der Waals surface area contributed by atoms with Gasteiger partial charge in [-0.3, -0.25) is 0 Å². The molecule has 0 N–H and O–H groups in total. The van der Waals surface area contributed by atoms with Crippen molar-refractivity contribution in [2.75, 3.05) is 31.1 Å². The van der Waals surface area contributed by atoms with Crippen molar-refractivity contribution in [3.8, 4) is 6.07 Å². The molecule has 7 heteroatoms. The van der Waals surface area contributed by atoms with E-state index in [-0.39, 0.29) is 11.9 Å². The Morgan fingerprint density at radius 3 is 2.34 bits per heavy atom. The maximum atomic E-state index is 13.2. The first-order valence-electron chi connectivity index (χ1n) is 9.45. The fourth-order valence-electron chi connectivity index (χ4n) is 3.01. The Morgan fingerprint density at radius 2 is 1.76 bits per heavy atom. The zero-order chi connectivity index (χ0) is 21.0. The van der Waals surface area contributed by atoms with E-state index in [0.717, 1.165) is 15.5 Å². The molecule has 0 aromatic heterocycles. The number of rotatable bonds is 3. The van der Waals surface area contributed by atoms with E-state index in [2.05, 4.69) is 11.0 Å². The van der Waals surface area contributed by atoms with Gasteiger partial charge in [0.2, 0.25) is 0 Å². The molecule has 1 saturated heterocycles. The Hall–Kier alpha value is -2.72. The molecule has 3 rings (SSSR count). The number of carbonyl (C=O) groups is 1. The lowest BCUT2D eigenvalue weighted by atomic mass is 10.2. The molecule has 1 heterocycles. The Bertz CT molecular complexity index is 911. The Labute approximate surface area is 175 Å². The summed E-state index contributed by atoms with van der Waals surface area (Å²) < 4.78 is 18.7. The van der Waals surface area contributed by atoms with Crippen LogP contribution in [0.25, 0.3) is 0 Å². The number of hydrogen-bond donors (Lipinski definition) is 0. The summed E-state index contributed by atoms with van der Waals surface area (Å²) in [5, 5.41) is 9.27. The largest absolute Gasteiger partial charge is 0.444 e. The molecule has 2 aromatic rings. The minimum atomic E-state index is -0.514. The fraction of sp³-hybridized carbons (Fsp3) is 0.364. The van der Waals surface area contributed by atoms with Gasteiger partial charge in [-0.25, -0.2) is 9.18 Å². The molecule has 1 aliphatic heterocycles. The van der Waals surface area contributed by atoms with E-state index in [1.54, 1.807) is 23.1 Å². The van der Waals surface area contributed by atoms with Crippen molar-refractivity contribution in [1.29, 1.82) is 5.26 Å². The van der Waals surface area contributed by atoms with Gasteiger partial charge in [-0.05, 0) is 63.2 Å². The summed E-state index contributed by atoms with van der Waals surface area (Å²) in [6.07, 6.45) is -0.294. The second kappa shape index (κ2) is 8.75. The summed E-state index contributed by atoms with van der Waals surface area (Å²) in [7, 11) is 0. The first kappa shape index (κ1) is 21.0. The molecule has 0 bridgehead atoms. The lowest BCUT2D eigenvalue weighted by Gasteiger charge is -2.37. The van der Waals surface area contributed by atoms with E-state index < -0.39 is 5.60 Å². The van der Waals surface area contributed by atoms with Crippen LogP contribution < -0.4 is 4.90 Å². The standard InChI is InChI=1S/C22H24FN3O2S/c1-22(2,3)28-21(27)26-12-10-25(11-13-26)19-9-4-16(15-24)14-20(19)29-18-7-5-17(23)6-8-18/h4-9,14H,10-13H2,1-3H3. The van der Waals surface area contributed by atoms with E-state index in [9.17, 15) is 14.4 Å². The van der Waals surface area contributed by atoms with Crippen LogP contribution in [0.5, 0.6) is 0 Å². The monoisotopic (exact) mass is 413 g/mol. The van der Waals surface area contributed by atoms with Gasteiger partial charge in [0.05, 0.1) is 17.3 Å². The minimum Gasteiger partial charge on any atom is -0.444 e. The van der Waals surface area contributed by atoms with Crippen molar-refractivity contribution < 1.29 is 13.9 Å². The molecule has 1 fully saturated rings. The molecule has 0 spiro atoms. The maximum absolute atomic E-state index is 13.2. The maximum Gasteiger partial charge on any atom is 0.410 e. The molecule has 0 saturated carbocycles. The number of hydrogen-bond acceptors (Lipinski definition) is 5. The summed E-state index contributed by atoms with van der Waals surface area (Å²) >= 11 is 1.50. The van der Waals surface area contributed by atoms with Gasteiger partial charge in [-0.2, -0.15) is 5.26 Å². The molecule has 2 aromatic carbocycles. The van der Waals surface area contributed by atoms with E-state index in [1.807, 2.05) is 32.9 Å². The van der Waals surface area contributed by atoms with Gasteiger partial charge >= 0.3 is 6.09 Å². The molecule has 0 radical (unpaired) electrons. The van der Waals surface area contributed by atoms with E-state index in [0.29, 0.717) is 31.7 Å². The van der Waals surface area contributed by atoms with Crippen molar-refractivity contribution in [2.45, 2.75) is 36.2 Å². The van der Waals surface area contributed by atoms with Crippen molar-refractivity contribution in [3.63, 3.8) is 0 Å². The second-order valence-electron chi connectivity index (χ2n) is 7.80. The first-order valence-corrected chi connectivity index (χ1v) is 10.3. The molecular formula is C22H24FN3O2S. The van der Waals surface area contributed by atoms with Crippen LogP contribution in [0.2, 0.25) is 0 Å². The number of anilines is 1. The molecule has 29 heavy (non-hydrogen) atoms. The van der Waals surface area contributed by atoms with Crippen LogP contribution in [0, 0.1) is 17.1 Å². The second-order valence-corrected chi connectivity index (χ2v) is 8.92. The zero-order valence-corrected chi connectivity index (χ0v) is 17.6. The molecule has 1 aliphatic rings. The average molecular weight is 414 g/mol. The van der Waals surface area contributed by atoms with Gasteiger partial charge < -0.3 is 14.5 Å². The van der Waals surface area contributed by atoms with Crippen LogP contribution in [0.4, 0.5) is 14.9 Å². The van der Waals surface area contributed by atoms with Crippen LogP contribution in [0.3, 0.4) is 0 Å². The summed E-state index contributed by atoms with van der Waals surface area (Å²) in [4.78, 5) is 18.0. The summed E-state index contributed by atoms with van der Waals surface area (Å²) in [5.74, 6) is -0.279. The molecule has 152 valence electrons. The van der Waals surface area contributed by atoms with Crippen LogP contribution in [0.15, 0.2) is 52.3 Å². The third-order valence-corrected chi connectivity index (χ3v) is 5.46. The van der Waals surface area contributed by atoms with Crippen LogP contribution >= 0.6 is 11.8 Å². The third-order valence-electron chi connectivity index (χ3n) is 4.40. The Kier molecular flexibility index (Phi) is 6.33. The van der Waals surface area contributed by atoms with Gasteiger partial charge in [0, 0.05) is 36.0 Å². The quantitative estimate of drug-likeness (QED) is 0.716. The number of amides is 1. The van der Waals surface area contributed by atoms with Crippen LogP contribution in [-0.4, -0.2) is 42.8 Å². The van der Waals surface area contributed by atoms with Gasteiger partial charge in [0.25, 0.3) is 0 Å². The van der Waals surface area contributed by atoms with E-state index in [1.165, 1.54) is 23.9 Å². The predicted molar refractivity (Wildman–Crippen MR) is 112 cm³/mol. The van der Waals surface area contributed by atoms with Crippen LogP contribution in [-0.2, 0) is 4.74 Å². The van der Waals surface area contributed by atoms with Crippen molar-refractivity contribution >= 4 is 23.5 Å². The summed E-state index contributed by atoms with van der Waals surface area (Å²) in [5.41, 5.74) is 1.06. The first-order chi connectivity index (χ1) is 13.7. The highest BCUT2D eigenvalue weighted by Crippen LogP contribution is 2.36. The van der Waals surface area contributed by atoms with Gasteiger partial charge in [-0.1, -0.05) is 11.8 Å². The normalized spacial score (nSPS) is 14.4. The third kappa shape index (κ3) is 5.64. The minimum absolute atomic E-state index is 0.279. The van der Waals surface area contributed by atoms with Crippen molar-refractivity contribution in [2.24, 2.45) is 0 Å². The Morgan fingerprint density at radius 1 is 1.10 bits per heavy atom. The fourth-order valence-corrected chi connectivity index (χ4v) is 4.03. The van der Waals surface area contributed by atoms with Gasteiger partial charge in [0.15, 0.2) is 0 Å². The van der Waals surface area contributed by atoms with Crippen molar-refractivity contribution in [3.05, 3.63) is 53.8 Å². The highest BCUT2D eigenvalue weighted by molar-refractivity contribution is 7.99. The molecule has 5 nitrogen and oxygen atoms in total. The predicted octanol–water partition coefficient (Wildman–Crippen LogP) is 4.91. The number of ether oxygens (including phenoxy) is 1. The number of halogens is 1. The van der Waals surface area contributed by atoms with Gasteiger partial charge in [0.1, 0.15) is 11.4 Å². The molecule has 0 unspecified atom stereocenters. The number of benzene rings is 2. The van der Waals surface area contributed by atoms with Crippen molar-refractivity contribution in [1.82, 2.24) is 4.90 Å². The smallest absolute Gasteiger partial charge is 0.410 e. The zero-order valence-electron chi connectivity index (χ0n) is 16.8. The van der Waals surface area contributed by atoms with E-state index >= 15 is 0 Å². The topological polar surface area (TPSA) is 56.6 Å². The summed E-state index contributed by atoms with van der Waals surface area (Å²) in [6.45, 7) is 8.04. The number of nitriles is 1. The SMILES string of the molecule is CC(C)(C)OC(=O)N1CCN(c2ccc(C#N)cc2Sc2ccc(F)cc2)CC1. The highest BCUT2D eigenvalue weighted by atomic mass is 32.2. The number of carbonyl (C=O) groups excluding carboxylic acids is 1. The lowest BCUT2D eigenvalue weighted by Crippen LogP contribution is -2.50. The number of nitrogens with zero attached hydrogens (tertiary/aromatic N) is 3. The number of piperazine rings is 1. The lowest BCUT2D eigenvalue weighted by molar-refractivity contribution is 0.0240. The molecule has 0 aliphatic carbocycles. The molecular weight excluding hydrogens is 389 g/mol.